The Bertz CT molecular complexity index is 1220. The first-order chi connectivity index (χ1) is 21.4. The molecule has 3 rings (SSSR count). The predicted octanol–water partition coefficient (Wildman–Crippen LogP) is 9.68. The summed E-state index contributed by atoms with van der Waals surface area (Å²) in [4.78, 5) is 26.5. The number of carbonyl (C=O) groups excluding carboxylic acids is 2. The standard InChI is InChI=1S/C14H15F6NO.C10H19NO2.C7H7F.C2H4.C2H2/c1-12(2,11(22)21(3)4)8-5-9(13(15,16)17)7-10(6-8)14(18,19)20;1-10(2,3)13-9(12)11-7-5-4-6-8-11;1-6-3-2-4-7(8)5-6;2*1-2/h5-7H,1-4H3;4-8H2,1-3H3;2-5H,1H3;1-2H2;1-2H. The van der Waals surface area contributed by atoms with Gasteiger partial charge in [-0.15, -0.1) is 26.0 Å². The maximum atomic E-state index is 12.8. The van der Waals surface area contributed by atoms with Crippen LogP contribution in [-0.4, -0.2) is 54.6 Å². The van der Waals surface area contributed by atoms with Gasteiger partial charge >= 0.3 is 18.4 Å². The zero-order chi connectivity index (χ0) is 37.4. The number of benzene rings is 2. The molecule has 0 spiro atoms. The van der Waals surface area contributed by atoms with Gasteiger partial charge in [-0.1, -0.05) is 12.1 Å². The predicted molar refractivity (Wildman–Crippen MR) is 172 cm³/mol. The van der Waals surface area contributed by atoms with Gasteiger partial charge in [-0.3, -0.25) is 4.79 Å². The fourth-order valence-electron chi connectivity index (χ4n) is 4.01. The van der Waals surface area contributed by atoms with Crippen molar-refractivity contribution in [3.63, 3.8) is 0 Å². The average molecular weight is 677 g/mol. The van der Waals surface area contributed by atoms with E-state index in [0.29, 0.717) is 12.1 Å². The largest absolute Gasteiger partial charge is 0.444 e. The molecule has 0 unspecified atom stereocenters. The normalized spacial score (nSPS) is 13.0. The van der Waals surface area contributed by atoms with Crippen LogP contribution < -0.4 is 0 Å². The number of nitrogens with zero attached hydrogens (tertiary/aromatic N) is 2. The van der Waals surface area contributed by atoms with Gasteiger partial charge in [0.15, 0.2) is 0 Å². The summed E-state index contributed by atoms with van der Waals surface area (Å²) in [5.41, 5.74) is -4.13. The Morgan fingerprint density at radius 1 is 0.787 bits per heavy atom. The number of ether oxygens (including phenoxy) is 1. The van der Waals surface area contributed by atoms with E-state index in [1.165, 1.54) is 46.5 Å². The first-order valence-electron chi connectivity index (χ1n) is 14.5. The minimum Gasteiger partial charge on any atom is -0.444 e. The third-order valence-corrected chi connectivity index (χ3v) is 6.24. The molecule has 2 aromatic carbocycles. The number of likely N-dealkylation sites (N-methyl/N-ethyl adjacent to an activating group) is 1. The second-order valence-corrected chi connectivity index (χ2v) is 11.9. The lowest BCUT2D eigenvalue weighted by atomic mass is 9.81. The molecule has 1 saturated heterocycles. The van der Waals surface area contributed by atoms with Crippen LogP contribution in [0.2, 0.25) is 0 Å². The minimum atomic E-state index is -4.94. The summed E-state index contributed by atoms with van der Waals surface area (Å²) < 4.78 is 94.4. The summed E-state index contributed by atoms with van der Waals surface area (Å²) in [6, 6.07) is 7.70. The van der Waals surface area contributed by atoms with Crippen LogP contribution in [0.5, 0.6) is 0 Å². The van der Waals surface area contributed by atoms with Gasteiger partial charge in [0.2, 0.25) is 5.91 Å². The second-order valence-electron chi connectivity index (χ2n) is 11.9. The van der Waals surface area contributed by atoms with Gasteiger partial charge in [0.05, 0.1) is 16.5 Å². The van der Waals surface area contributed by atoms with Crippen molar-refractivity contribution in [2.75, 3.05) is 27.2 Å². The molecule has 5 nitrogen and oxygen atoms in total. The van der Waals surface area contributed by atoms with E-state index in [0.717, 1.165) is 36.4 Å². The molecular formula is C35H47F7N2O3. The Hall–Kier alpha value is -4.01. The van der Waals surface area contributed by atoms with Crippen LogP contribution >= 0.6 is 0 Å². The minimum absolute atomic E-state index is 0.0414. The number of aryl methyl sites for hydroxylation is 1. The Morgan fingerprint density at radius 2 is 1.21 bits per heavy atom. The summed E-state index contributed by atoms with van der Waals surface area (Å²) in [6.07, 6.45) is 1.42. The van der Waals surface area contributed by atoms with Gasteiger partial charge < -0.3 is 14.5 Å². The van der Waals surface area contributed by atoms with Gasteiger partial charge in [-0.05, 0) is 102 Å². The molecule has 0 radical (unpaired) electrons. The highest BCUT2D eigenvalue weighted by molar-refractivity contribution is 5.87. The smallest absolute Gasteiger partial charge is 0.416 e. The molecule has 1 fully saturated rings. The van der Waals surface area contributed by atoms with Crippen LogP contribution in [0.3, 0.4) is 0 Å². The zero-order valence-corrected chi connectivity index (χ0v) is 28.4. The van der Waals surface area contributed by atoms with Crippen molar-refractivity contribution in [3.05, 3.63) is 83.7 Å². The van der Waals surface area contributed by atoms with Crippen LogP contribution in [-0.2, 0) is 27.3 Å². The molecule has 1 heterocycles. The molecule has 0 aromatic heterocycles. The fourth-order valence-corrected chi connectivity index (χ4v) is 4.01. The lowest BCUT2D eigenvalue weighted by Gasteiger charge is -2.29. The molecule has 264 valence electrons. The quantitative estimate of drug-likeness (QED) is 0.181. The number of carbonyl (C=O) groups is 2. The van der Waals surface area contributed by atoms with Crippen molar-refractivity contribution in [2.24, 2.45) is 0 Å². The van der Waals surface area contributed by atoms with Gasteiger partial charge in [-0.25, -0.2) is 9.18 Å². The van der Waals surface area contributed by atoms with E-state index in [1.54, 1.807) is 11.0 Å². The number of piperidine rings is 1. The highest BCUT2D eigenvalue weighted by atomic mass is 19.4. The van der Waals surface area contributed by atoms with Gasteiger partial charge in [0, 0.05) is 27.2 Å². The number of terminal acetylenes is 1. The van der Waals surface area contributed by atoms with E-state index in [1.807, 2.05) is 33.8 Å². The van der Waals surface area contributed by atoms with E-state index in [9.17, 15) is 40.3 Å². The van der Waals surface area contributed by atoms with Gasteiger partial charge in [0.1, 0.15) is 11.4 Å². The molecule has 1 aliphatic heterocycles. The summed E-state index contributed by atoms with van der Waals surface area (Å²) in [6.45, 7) is 17.8. The van der Waals surface area contributed by atoms with Crippen LogP contribution in [0.1, 0.15) is 76.1 Å². The molecule has 2 amide bonds. The van der Waals surface area contributed by atoms with E-state index in [2.05, 4.69) is 26.0 Å². The van der Waals surface area contributed by atoms with E-state index in [-0.39, 0.29) is 29.1 Å². The number of rotatable bonds is 2. The lowest BCUT2D eigenvalue weighted by Crippen LogP contribution is -2.39. The lowest BCUT2D eigenvalue weighted by molar-refractivity contribution is -0.143. The topological polar surface area (TPSA) is 49.9 Å². The van der Waals surface area contributed by atoms with Gasteiger partial charge in [-0.2, -0.15) is 26.3 Å². The van der Waals surface area contributed by atoms with Crippen LogP contribution in [0.15, 0.2) is 55.6 Å². The maximum Gasteiger partial charge on any atom is 0.416 e. The van der Waals surface area contributed by atoms with Crippen molar-refractivity contribution in [3.8, 4) is 12.8 Å². The second kappa shape index (κ2) is 19.6. The summed E-state index contributed by atoms with van der Waals surface area (Å²) in [7, 11) is 2.75. The first-order valence-corrected chi connectivity index (χ1v) is 14.5. The summed E-state index contributed by atoms with van der Waals surface area (Å²) >= 11 is 0. The molecule has 47 heavy (non-hydrogen) atoms. The van der Waals surface area contributed by atoms with Crippen LogP contribution in [0, 0.1) is 25.6 Å². The SMILES string of the molecule is C#C.C=C.CC(C)(C)OC(=O)N1CCCCC1.CN(C)C(=O)C(C)(C)c1cc(C(F)(F)F)cc(C(F)(F)F)c1.Cc1cccc(F)c1. The number of likely N-dealkylation sites (tertiary alicyclic amines) is 1. The van der Waals surface area contributed by atoms with E-state index in [4.69, 9.17) is 4.74 Å². The molecule has 0 N–H and O–H groups in total. The number of halogens is 7. The number of hydrogen-bond donors (Lipinski definition) is 0. The first kappa shape index (κ1) is 45.1. The third kappa shape index (κ3) is 16.9. The van der Waals surface area contributed by atoms with E-state index >= 15 is 0 Å². The molecular weight excluding hydrogens is 629 g/mol. The Morgan fingerprint density at radius 3 is 1.53 bits per heavy atom. The zero-order valence-electron chi connectivity index (χ0n) is 28.4. The van der Waals surface area contributed by atoms with Crippen molar-refractivity contribution in [1.82, 2.24) is 9.80 Å². The summed E-state index contributed by atoms with van der Waals surface area (Å²) in [5, 5.41) is 0. The molecule has 0 aliphatic carbocycles. The average Bonchev–Trinajstić information content (AvgIpc) is 2.98. The third-order valence-electron chi connectivity index (χ3n) is 6.24. The van der Waals surface area contributed by atoms with Crippen molar-refractivity contribution in [2.45, 2.75) is 84.2 Å². The van der Waals surface area contributed by atoms with Crippen LogP contribution in [0.4, 0.5) is 35.5 Å². The van der Waals surface area contributed by atoms with E-state index < -0.39 is 34.8 Å². The Balaban J connectivity index is 0. The number of alkyl halides is 6. The molecule has 0 saturated carbocycles. The molecule has 0 atom stereocenters. The summed E-state index contributed by atoms with van der Waals surface area (Å²) in [5.74, 6) is -0.759. The number of amides is 2. The van der Waals surface area contributed by atoms with Crippen molar-refractivity contribution < 1.29 is 45.1 Å². The highest BCUT2D eigenvalue weighted by Gasteiger charge is 2.40. The Labute approximate surface area is 274 Å². The highest BCUT2D eigenvalue weighted by Crippen LogP contribution is 2.39. The molecule has 0 bridgehead atoms. The van der Waals surface area contributed by atoms with Crippen LogP contribution in [0.25, 0.3) is 0 Å². The van der Waals surface area contributed by atoms with Crippen molar-refractivity contribution in [1.29, 1.82) is 0 Å². The Kier molecular flexibility index (Phi) is 18.8. The van der Waals surface area contributed by atoms with Crippen molar-refractivity contribution >= 4 is 12.0 Å². The molecule has 2 aromatic rings. The molecule has 12 heteroatoms. The fraction of sp³-hybridized carbons (Fsp3) is 0.486. The number of hydrogen-bond acceptors (Lipinski definition) is 3. The monoisotopic (exact) mass is 676 g/mol. The maximum absolute atomic E-state index is 12.8. The molecule has 1 aliphatic rings. The van der Waals surface area contributed by atoms with Gasteiger partial charge in [0.25, 0.3) is 0 Å².